The molecule has 0 bridgehead atoms. The molecule has 1 aliphatic heterocycles. The number of halogens is 3. The van der Waals surface area contributed by atoms with E-state index in [1.807, 2.05) is 4.90 Å². The van der Waals surface area contributed by atoms with Crippen molar-refractivity contribution in [3.63, 3.8) is 0 Å². The fraction of sp³-hybridized carbons (Fsp3) is 0.227. The van der Waals surface area contributed by atoms with Crippen LogP contribution in [0, 0.1) is 23.4 Å². The monoisotopic (exact) mass is 428 g/mol. The van der Waals surface area contributed by atoms with Crippen molar-refractivity contribution in [1.29, 1.82) is 0 Å². The van der Waals surface area contributed by atoms with Crippen molar-refractivity contribution in [2.24, 2.45) is 5.92 Å². The highest BCUT2D eigenvalue weighted by Crippen LogP contribution is 2.24. The van der Waals surface area contributed by atoms with Crippen molar-refractivity contribution in [3.05, 3.63) is 82.4 Å². The Labute approximate surface area is 175 Å². The van der Waals surface area contributed by atoms with Crippen molar-refractivity contribution in [2.45, 2.75) is 12.8 Å². The van der Waals surface area contributed by atoms with Crippen LogP contribution in [0.15, 0.2) is 59.4 Å². The molecule has 1 saturated heterocycles. The Bertz CT molecular complexity index is 1160. The molecule has 2 heterocycles. The fourth-order valence-corrected chi connectivity index (χ4v) is 3.56. The lowest BCUT2D eigenvalue weighted by atomic mass is 9.97. The first-order chi connectivity index (χ1) is 14.9. The number of aromatic nitrogens is 2. The normalized spacial score (nSPS) is 16.2. The second-order valence-corrected chi connectivity index (χ2v) is 7.32. The van der Waals surface area contributed by atoms with Gasteiger partial charge in [-0.15, -0.1) is 5.10 Å². The number of nitrogens with one attached hydrogen (secondary N) is 1. The summed E-state index contributed by atoms with van der Waals surface area (Å²) >= 11 is 0. The summed E-state index contributed by atoms with van der Waals surface area (Å²) in [6.07, 6.45) is 1.26. The van der Waals surface area contributed by atoms with Gasteiger partial charge >= 0.3 is 0 Å². The average Bonchev–Trinajstić information content (AvgIpc) is 2.77. The molecule has 6 nitrogen and oxygen atoms in total. The molecule has 1 N–H and O–H groups in total. The first-order valence-corrected chi connectivity index (χ1v) is 9.78. The molecule has 1 fully saturated rings. The number of hydrogen-bond donors (Lipinski definition) is 1. The highest BCUT2D eigenvalue weighted by Gasteiger charge is 2.27. The summed E-state index contributed by atoms with van der Waals surface area (Å²) < 4.78 is 41.6. The summed E-state index contributed by atoms with van der Waals surface area (Å²) in [5, 5.41) is 6.82. The molecule has 0 aliphatic carbocycles. The van der Waals surface area contributed by atoms with Gasteiger partial charge in [0.2, 0.25) is 5.91 Å². The van der Waals surface area contributed by atoms with Crippen molar-refractivity contribution in [3.8, 4) is 5.69 Å². The third kappa shape index (κ3) is 4.60. The zero-order chi connectivity index (χ0) is 22.0. The number of piperidine rings is 1. The quantitative estimate of drug-likeness (QED) is 0.691. The summed E-state index contributed by atoms with van der Waals surface area (Å²) in [6, 6.07) is 11.2. The molecule has 4 rings (SSSR count). The lowest BCUT2D eigenvalue weighted by molar-refractivity contribution is -0.120. The molecule has 9 heteroatoms. The van der Waals surface area contributed by atoms with E-state index in [0.717, 1.165) is 18.2 Å². The predicted octanol–water partition coefficient (Wildman–Crippen LogP) is 3.50. The molecule has 0 saturated carbocycles. The Kier molecular flexibility index (Phi) is 5.75. The molecule has 31 heavy (non-hydrogen) atoms. The number of hydrogen-bond acceptors (Lipinski definition) is 4. The van der Waals surface area contributed by atoms with Gasteiger partial charge in [-0.3, -0.25) is 9.59 Å². The van der Waals surface area contributed by atoms with Gasteiger partial charge in [0.25, 0.3) is 5.56 Å². The number of carbonyl (C=O) groups is 1. The van der Waals surface area contributed by atoms with E-state index in [1.54, 1.807) is 6.07 Å². The zero-order valence-corrected chi connectivity index (χ0v) is 16.4. The van der Waals surface area contributed by atoms with Crippen LogP contribution in [0.4, 0.5) is 24.7 Å². The Morgan fingerprint density at radius 2 is 1.74 bits per heavy atom. The lowest BCUT2D eigenvalue weighted by Gasteiger charge is -2.33. The van der Waals surface area contributed by atoms with E-state index >= 15 is 0 Å². The molecule has 0 spiro atoms. The average molecular weight is 428 g/mol. The number of benzene rings is 2. The molecule has 1 aromatic heterocycles. The van der Waals surface area contributed by atoms with E-state index in [0.29, 0.717) is 37.4 Å². The van der Waals surface area contributed by atoms with Gasteiger partial charge < -0.3 is 10.2 Å². The van der Waals surface area contributed by atoms with E-state index in [4.69, 9.17) is 0 Å². The number of amides is 1. The van der Waals surface area contributed by atoms with Gasteiger partial charge in [0.1, 0.15) is 23.3 Å². The summed E-state index contributed by atoms with van der Waals surface area (Å²) in [4.78, 5) is 26.7. The number of carbonyl (C=O) groups excluding carboxylic acids is 1. The minimum atomic E-state index is -0.713. The van der Waals surface area contributed by atoms with Crippen LogP contribution in [-0.2, 0) is 4.79 Å². The Morgan fingerprint density at radius 3 is 2.52 bits per heavy atom. The van der Waals surface area contributed by atoms with Gasteiger partial charge in [-0.05, 0) is 55.3 Å². The van der Waals surface area contributed by atoms with Crippen molar-refractivity contribution < 1.29 is 18.0 Å². The second-order valence-electron chi connectivity index (χ2n) is 7.32. The van der Waals surface area contributed by atoms with Crippen LogP contribution in [0.1, 0.15) is 12.8 Å². The van der Waals surface area contributed by atoms with Crippen molar-refractivity contribution >= 4 is 17.4 Å². The number of nitrogens with zero attached hydrogens (tertiary/aromatic N) is 3. The maximum absolute atomic E-state index is 13.8. The smallest absolute Gasteiger partial charge is 0.271 e. The standard InChI is InChI=1S/C22H19F3N4O2/c23-15-3-6-17(7-4-15)29-21(30)10-9-20(27-29)28-11-1-2-14(13-28)22(31)26-19-12-16(24)5-8-18(19)25/h3-10,12,14H,1-2,11,13H2,(H,26,31)/t14-/m1/s1. The zero-order valence-electron chi connectivity index (χ0n) is 16.4. The molecule has 0 radical (unpaired) electrons. The molecule has 0 unspecified atom stereocenters. The van der Waals surface area contributed by atoms with Crippen LogP contribution in [0.3, 0.4) is 0 Å². The Morgan fingerprint density at radius 1 is 1.00 bits per heavy atom. The topological polar surface area (TPSA) is 67.2 Å². The van der Waals surface area contributed by atoms with Gasteiger partial charge in [0, 0.05) is 25.2 Å². The first-order valence-electron chi connectivity index (χ1n) is 9.78. The van der Waals surface area contributed by atoms with Crippen LogP contribution < -0.4 is 15.8 Å². The third-order valence-corrected chi connectivity index (χ3v) is 5.16. The maximum Gasteiger partial charge on any atom is 0.271 e. The third-order valence-electron chi connectivity index (χ3n) is 5.16. The summed E-state index contributed by atoms with van der Waals surface area (Å²) in [5.74, 6) is -2.18. The molecule has 1 aliphatic rings. The summed E-state index contributed by atoms with van der Waals surface area (Å²) in [6.45, 7) is 0.921. The Hall–Kier alpha value is -3.62. The molecule has 2 aromatic carbocycles. The minimum Gasteiger partial charge on any atom is -0.354 e. The number of anilines is 2. The molecule has 1 atom stereocenters. The van der Waals surface area contributed by atoms with Gasteiger partial charge in [-0.2, -0.15) is 4.68 Å². The second kappa shape index (κ2) is 8.63. The van der Waals surface area contributed by atoms with Crippen LogP contribution in [0.5, 0.6) is 0 Å². The van der Waals surface area contributed by atoms with Crippen LogP contribution in [-0.4, -0.2) is 28.8 Å². The van der Waals surface area contributed by atoms with Crippen LogP contribution in [0.2, 0.25) is 0 Å². The first kappa shape index (κ1) is 20.6. The highest BCUT2D eigenvalue weighted by atomic mass is 19.1. The van der Waals surface area contributed by atoms with Gasteiger partial charge in [-0.1, -0.05) is 0 Å². The van der Waals surface area contributed by atoms with E-state index in [2.05, 4.69) is 10.4 Å². The maximum atomic E-state index is 13.8. The largest absolute Gasteiger partial charge is 0.354 e. The fourth-order valence-electron chi connectivity index (χ4n) is 3.56. The van der Waals surface area contributed by atoms with E-state index in [-0.39, 0.29) is 11.2 Å². The number of rotatable bonds is 4. The highest BCUT2D eigenvalue weighted by molar-refractivity contribution is 5.93. The SMILES string of the molecule is O=C(Nc1cc(F)ccc1F)[C@@H]1CCCN(c2ccc(=O)n(-c3ccc(F)cc3)n2)C1. The van der Waals surface area contributed by atoms with E-state index in [9.17, 15) is 22.8 Å². The van der Waals surface area contributed by atoms with E-state index in [1.165, 1.54) is 35.0 Å². The molecule has 1 amide bonds. The summed E-state index contributed by atoms with van der Waals surface area (Å²) in [5.41, 5.74) is -0.158. The van der Waals surface area contributed by atoms with Gasteiger partial charge in [0.15, 0.2) is 0 Å². The van der Waals surface area contributed by atoms with Crippen molar-refractivity contribution in [1.82, 2.24) is 9.78 Å². The predicted molar refractivity (Wildman–Crippen MR) is 110 cm³/mol. The van der Waals surface area contributed by atoms with Crippen molar-refractivity contribution in [2.75, 3.05) is 23.3 Å². The minimum absolute atomic E-state index is 0.204. The Balaban J connectivity index is 1.52. The molecular formula is C22H19F3N4O2. The van der Waals surface area contributed by atoms with E-state index < -0.39 is 29.3 Å². The van der Waals surface area contributed by atoms with Crippen LogP contribution >= 0.6 is 0 Å². The lowest BCUT2D eigenvalue weighted by Crippen LogP contribution is -2.42. The van der Waals surface area contributed by atoms with Gasteiger partial charge in [0.05, 0.1) is 17.3 Å². The molecule has 160 valence electrons. The molecule has 3 aromatic rings. The van der Waals surface area contributed by atoms with Crippen LogP contribution in [0.25, 0.3) is 5.69 Å². The summed E-state index contributed by atoms with van der Waals surface area (Å²) in [7, 11) is 0. The molecular weight excluding hydrogens is 409 g/mol. The van der Waals surface area contributed by atoms with Gasteiger partial charge in [-0.25, -0.2) is 13.2 Å².